The molecule has 16 heavy (non-hydrogen) atoms. The molecule has 0 radical (unpaired) electrons. The Morgan fingerprint density at radius 2 is 1.75 bits per heavy atom. The molecule has 0 aromatic carbocycles. The zero-order valence-corrected chi connectivity index (χ0v) is 8.93. The molecular formula is C12H15NO3. The van der Waals surface area contributed by atoms with E-state index >= 15 is 0 Å². The predicted molar refractivity (Wildman–Crippen MR) is 56.5 cm³/mol. The summed E-state index contributed by atoms with van der Waals surface area (Å²) < 4.78 is 0. The first-order valence-corrected chi connectivity index (χ1v) is 5.88. The van der Waals surface area contributed by atoms with Gasteiger partial charge in [0.1, 0.15) is 0 Å². The van der Waals surface area contributed by atoms with Crippen molar-refractivity contribution in [2.75, 3.05) is 0 Å². The molecule has 2 bridgehead atoms. The number of carboxylic acids is 1. The average molecular weight is 221 g/mol. The molecule has 0 saturated heterocycles. The van der Waals surface area contributed by atoms with E-state index in [0.717, 1.165) is 19.3 Å². The van der Waals surface area contributed by atoms with Crippen LogP contribution in [0, 0.1) is 23.7 Å². The maximum atomic E-state index is 12.0. The Morgan fingerprint density at radius 1 is 1.12 bits per heavy atom. The normalized spacial score (nSPS) is 40.0. The Hall–Kier alpha value is -1.32. The summed E-state index contributed by atoms with van der Waals surface area (Å²) >= 11 is 0. The van der Waals surface area contributed by atoms with Gasteiger partial charge in [-0.15, -0.1) is 0 Å². The van der Waals surface area contributed by atoms with Crippen LogP contribution in [-0.2, 0) is 9.59 Å². The van der Waals surface area contributed by atoms with E-state index in [1.54, 1.807) is 0 Å². The van der Waals surface area contributed by atoms with Crippen LogP contribution in [-0.4, -0.2) is 23.0 Å². The lowest BCUT2D eigenvalue weighted by Crippen LogP contribution is -2.40. The SMILES string of the molecule is O=C(O)[C@H]1[C@H](C(=O)NC2CC2)[C@@H]2C=C[C@@H]1C2. The lowest BCUT2D eigenvalue weighted by atomic mass is 9.82. The van der Waals surface area contributed by atoms with Crippen molar-refractivity contribution in [1.29, 1.82) is 0 Å². The quantitative estimate of drug-likeness (QED) is 0.692. The molecule has 0 aromatic heterocycles. The minimum Gasteiger partial charge on any atom is -0.481 e. The summed E-state index contributed by atoms with van der Waals surface area (Å²) in [4.78, 5) is 23.2. The summed E-state index contributed by atoms with van der Waals surface area (Å²) in [6, 6.07) is 0.310. The summed E-state index contributed by atoms with van der Waals surface area (Å²) in [6.45, 7) is 0. The first-order chi connectivity index (χ1) is 7.66. The van der Waals surface area contributed by atoms with Crippen molar-refractivity contribution in [2.24, 2.45) is 23.7 Å². The standard InChI is InChI=1S/C12H15NO3/c14-11(13-8-3-4-8)9-6-1-2-7(5-6)10(9)12(15)16/h1-2,6-10H,3-5H2,(H,13,14)(H,15,16)/t6-,7-,9-,10-/m1/s1. The molecule has 0 spiro atoms. The van der Waals surface area contributed by atoms with Crippen molar-refractivity contribution in [3.05, 3.63) is 12.2 Å². The van der Waals surface area contributed by atoms with Crippen LogP contribution >= 0.6 is 0 Å². The zero-order chi connectivity index (χ0) is 11.3. The Balaban J connectivity index is 1.78. The van der Waals surface area contributed by atoms with Gasteiger partial charge in [-0.25, -0.2) is 0 Å². The number of nitrogens with one attached hydrogen (secondary N) is 1. The maximum absolute atomic E-state index is 12.0. The minimum atomic E-state index is -0.826. The van der Waals surface area contributed by atoms with Gasteiger partial charge in [0.25, 0.3) is 0 Å². The third kappa shape index (κ3) is 1.44. The van der Waals surface area contributed by atoms with Gasteiger partial charge < -0.3 is 10.4 Å². The van der Waals surface area contributed by atoms with Crippen LogP contribution in [0.3, 0.4) is 0 Å². The van der Waals surface area contributed by atoms with E-state index in [9.17, 15) is 14.7 Å². The fraction of sp³-hybridized carbons (Fsp3) is 0.667. The van der Waals surface area contributed by atoms with Crippen LogP contribution in [0.4, 0.5) is 0 Å². The zero-order valence-electron chi connectivity index (χ0n) is 8.93. The first kappa shape index (κ1) is 9.87. The fourth-order valence-corrected chi connectivity index (χ4v) is 3.04. The monoisotopic (exact) mass is 221 g/mol. The van der Waals surface area contributed by atoms with Gasteiger partial charge in [0.05, 0.1) is 11.8 Å². The second-order valence-corrected chi connectivity index (χ2v) is 5.12. The number of hydrogen-bond donors (Lipinski definition) is 2. The Labute approximate surface area is 93.7 Å². The van der Waals surface area contributed by atoms with Crippen molar-refractivity contribution in [2.45, 2.75) is 25.3 Å². The molecule has 0 heterocycles. The van der Waals surface area contributed by atoms with Gasteiger partial charge in [-0.05, 0) is 31.1 Å². The molecule has 2 fully saturated rings. The summed E-state index contributed by atoms with van der Waals surface area (Å²) in [5.41, 5.74) is 0. The number of amides is 1. The number of carboxylic acid groups (broad SMARTS) is 1. The number of hydrogen-bond acceptors (Lipinski definition) is 2. The summed E-state index contributed by atoms with van der Waals surface area (Å²) in [5, 5.41) is 12.1. The lowest BCUT2D eigenvalue weighted by Gasteiger charge is -2.23. The molecule has 4 heteroatoms. The molecule has 4 nitrogen and oxygen atoms in total. The van der Waals surface area contributed by atoms with E-state index in [1.807, 2.05) is 12.2 Å². The maximum Gasteiger partial charge on any atom is 0.307 e. The smallest absolute Gasteiger partial charge is 0.307 e. The van der Waals surface area contributed by atoms with Crippen molar-refractivity contribution < 1.29 is 14.7 Å². The van der Waals surface area contributed by atoms with Gasteiger partial charge in [0.15, 0.2) is 0 Å². The van der Waals surface area contributed by atoms with Crippen LogP contribution in [0.5, 0.6) is 0 Å². The molecule has 0 aliphatic heterocycles. The van der Waals surface area contributed by atoms with E-state index < -0.39 is 11.9 Å². The van der Waals surface area contributed by atoms with Gasteiger partial charge in [-0.3, -0.25) is 9.59 Å². The molecule has 3 rings (SSSR count). The summed E-state index contributed by atoms with van der Waals surface area (Å²) in [6.07, 6.45) is 6.89. The average Bonchev–Trinajstić information content (AvgIpc) is 2.81. The number of aliphatic carboxylic acids is 1. The molecule has 0 aromatic rings. The lowest BCUT2D eigenvalue weighted by molar-refractivity contribution is -0.147. The predicted octanol–water partition coefficient (Wildman–Crippen LogP) is 0.788. The second kappa shape index (κ2) is 3.34. The Morgan fingerprint density at radius 3 is 2.31 bits per heavy atom. The van der Waals surface area contributed by atoms with E-state index in [0.29, 0.717) is 6.04 Å². The number of carbonyl (C=O) groups excluding carboxylic acids is 1. The number of allylic oxidation sites excluding steroid dienone is 2. The van der Waals surface area contributed by atoms with Gasteiger partial charge in [-0.1, -0.05) is 12.2 Å². The fourth-order valence-electron chi connectivity index (χ4n) is 3.04. The molecule has 4 atom stereocenters. The second-order valence-electron chi connectivity index (χ2n) is 5.12. The molecule has 2 saturated carbocycles. The number of carbonyl (C=O) groups is 2. The van der Waals surface area contributed by atoms with Gasteiger partial charge in [0.2, 0.25) is 5.91 Å². The molecular weight excluding hydrogens is 206 g/mol. The minimum absolute atomic E-state index is 0.0493. The summed E-state index contributed by atoms with van der Waals surface area (Å²) in [5.74, 6) is -1.51. The largest absolute Gasteiger partial charge is 0.481 e. The van der Waals surface area contributed by atoms with Gasteiger partial charge in [0, 0.05) is 6.04 Å². The molecule has 86 valence electrons. The van der Waals surface area contributed by atoms with Crippen LogP contribution in [0.2, 0.25) is 0 Å². The van der Waals surface area contributed by atoms with Crippen LogP contribution in [0.25, 0.3) is 0 Å². The van der Waals surface area contributed by atoms with Crippen LogP contribution in [0.15, 0.2) is 12.2 Å². The van der Waals surface area contributed by atoms with Crippen molar-refractivity contribution in [1.82, 2.24) is 5.32 Å². The van der Waals surface area contributed by atoms with Crippen molar-refractivity contribution in [3.63, 3.8) is 0 Å². The highest BCUT2D eigenvalue weighted by atomic mass is 16.4. The van der Waals surface area contributed by atoms with Crippen LogP contribution < -0.4 is 5.32 Å². The summed E-state index contributed by atoms with van der Waals surface area (Å²) in [7, 11) is 0. The molecule has 3 aliphatic rings. The Bertz CT molecular complexity index is 372. The number of rotatable bonds is 3. The third-order valence-electron chi connectivity index (χ3n) is 3.97. The first-order valence-electron chi connectivity index (χ1n) is 5.88. The molecule has 2 N–H and O–H groups in total. The molecule has 0 unspecified atom stereocenters. The third-order valence-corrected chi connectivity index (χ3v) is 3.97. The van der Waals surface area contributed by atoms with Gasteiger partial charge in [-0.2, -0.15) is 0 Å². The Kier molecular flexibility index (Phi) is 2.06. The highest BCUT2D eigenvalue weighted by molar-refractivity contribution is 5.87. The topological polar surface area (TPSA) is 66.4 Å². The number of fused-ring (bicyclic) bond motifs is 2. The van der Waals surface area contributed by atoms with E-state index in [2.05, 4.69) is 5.32 Å². The highest BCUT2D eigenvalue weighted by Crippen LogP contribution is 2.48. The van der Waals surface area contributed by atoms with Crippen molar-refractivity contribution in [3.8, 4) is 0 Å². The molecule has 1 amide bonds. The van der Waals surface area contributed by atoms with Crippen LogP contribution in [0.1, 0.15) is 19.3 Å². The van der Waals surface area contributed by atoms with Crippen molar-refractivity contribution >= 4 is 11.9 Å². The van der Waals surface area contributed by atoms with E-state index in [4.69, 9.17) is 0 Å². The van der Waals surface area contributed by atoms with E-state index in [-0.39, 0.29) is 23.7 Å². The van der Waals surface area contributed by atoms with E-state index in [1.165, 1.54) is 0 Å². The van der Waals surface area contributed by atoms with Gasteiger partial charge >= 0.3 is 5.97 Å². The highest BCUT2D eigenvalue weighted by Gasteiger charge is 2.52. The molecule has 3 aliphatic carbocycles.